The van der Waals surface area contributed by atoms with Gasteiger partial charge >= 0.3 is 15.3 Å². The van der Waals surface area contributed by atoms with Crippen LogP contribution in [0.5, 0.6) is 0 Å². The van der Waals surface area contributed by atoms with Gasteiger partial charge < -0.3 is 4.18 Å². The first-order valence-corrected chi connectivity index (χ1v) is 6.36. The minimum absolute atomic E-state index is 0.0942. The van der Waals surface area contributed by atoms with E-state index < -0.39 is 15.3 Å². The monoisotopic (exact) mass is 298 g/mol. The number of carbonyl (C=O) groups excluding carboxylic acids is 1. The van der Waals surface area contributed by atoms with Crippen molar-refractivity contribution >= 4 is 41.9 Å². The van der Waals surface area contributed by atoms with Crippen LogP contribution in [0.15, 0.2) is 28.7 Å². The van der Waals surface area contributed by atoms with Crippen molar-refractivity contribution in [3.8, 4) is 0 Å². The Morgan fingerprint density at radius 1 is 1.36 bits per heavy atom. The van der Waals surface area contributed by atoms with Crippen molar-refractivity contribution < 1.29 is 17.4 Å². The maximum absolute atomic E-state index is 11.2. The molecule has 4 nitrogen and oxygen atoms in total. The Hall–Kier alpha value is -0.590. The summed E-state index contributed by atoms with van der Waals surface area (Å²) < 4.78 is 25.3. The molecule has 0 aliphatic carbocycles. The molecule has 0 aliphatic rings. The van der Waals surface area contributed by atoms with Gasteiger partial charge in [0.15, 0.2) is 0 Å². The normalized spacial score (nSPS) is 11.0. The second kappa shape index (κ2) is 4.29. The zero-order valence-corrected chi connectivity index (χ0v) is 9.76. The molecule has 7 heteroatoms. The van der Waals surface area contributed by atoms with E-state index in [1.54, 1.807) is 18.2 Å². The van der Waals surface area contributed by atoms with Gasteiger partial charge in [-0.2, -0.15) is 8.42 Å². The van der Waals surface area contributed by atoms with Crippen molar-refractivity contribution in [2.45, 2.75) is 0 Å². The lowest BCUT2D eigenvalue weighted by molar-refractivity contribution is 0.0751. The van der Waals surface area contributed by atoms with Gasteiger partial charge in [0.1, 0.15) is 0 Å². The van der Waals surface area contributed by atoms with Crippen molar-refractivity contribution in [3.05, 3.63) is 34.3 Å². The fourth-order valence-electron chi connectivity index (χ4n) is 0.762. The van der Waals surface area contributed by atoms with E-state index >= 15 is 0 Å². The highest BCUT2D eigenvalue weighted by atomic mass is 79.9. The van der Waals surface area contributed by atoms with Crippen LogP contribution in [0.1, 0.15) is 10.4 Å². The van der Waals surface area contributed by atoms with Crippen molar-refractivity contribution in [2.75, 3.05) is 0 Å². The molecule has 0 atom stereocenters. The molecule has 0 unspecified atom stereocenters. The van der Waals surface area contributed by atoms with Crippen LogP contribution in [0.2, 0.25) is 0 Å². The summed E-state index contributed by atoms with van der Waals surface area (Å²) >= 11 is 3.07. The van der Waals surface area contributed by atoms with Crippen LogP contribution in [0, 0.1) is 0 Å². The van der Waals surface area contributed by atoms with E-state index in [1.165, 1.54) is 6.07 Å². The fourth-order valence-corrected chi connectivity index (χ4v) is 1.65. The van der Waals surface area contributed by atoms with Crippen LogP contribution in [-0.4, -0.2) is 14.4 Å². The second-order valence-corrected chi connectivity index (χ2v) is 5.18. The lowest BCUT2D eigenvalue weighted by Gasteiger charge is -2.01. The Kier molecular flexibility index (Phi) is 3.52. The first-order chi connectivity index (χ1) is 6.40. The molecular weight excluding hydrogens is 295 g/mol. The molecule has 0 heterocycles. The summed E-state index contributed by atoms with van der Waals surface area (Å²) in [6.07, 6.45) is 0. The molecule has 0 aromatic heterocycles. The highest BCUT2D eigenvalue weighted by molar-refractivity contribution is 9.10. The highest BCUT2D eigenvalue weighted by Crippen LogP contribution is 2.18. The zero-order valence-electron chi connectivity index (χ0n) is 6.61. The van der Waals surface area contributed by atoms with Crippen molar-refractivity contribution in [1.82, 2.24) is 0 Å². The Bertz CT molecular complexity index is 457. The van der Waals surface area contributed by atoms with Gasteiger partial charge in [-0.05, 0) is 28.1 Å². The van der Waals surface area contributed by atoms with Gasteiger partial charge in [0.2, 0.25) is 0 Å². The summed E-state index contributed by atoms with van der Waals surface area (Å²) in [5, 5.41) is 0. The molecule has 0 aliphatic heterocycles. The molecule has 1 rings (SSSR count). The number of halogens is 2. The van der Waals surface area contributed by atoms with Gasteiger partial charge in [-0.15, -0.1) is 0 Å². The molecule has 0 saturated heterocycles. The first kappa shape index (κ1) is 11.5. The summed E-state index contributed by atoms with van der Waals surface area (Å²) in [5.74, 6) is -1.02. The molecule has 76 valence electrons. The Morgan fingerprint density at radius 3 is 2.43 bits per heavy atom. The summed E-state index contributed by atoms with van der Waals surface area (Å²) in [5.41, 5.74) is 0.0942. The van der Waals surface area contributed by atoms with Crippen molar-refractivity contribution in [3.63, 3.8) is 0 Å². The molecule has 14 heavy (non-hydrogen) atoms. The molecule has 0 N–H and O–H groups in total. The summed E-state index contributed by atoms with van der Waals surface area (Å²) in [6, 6.07) is 6.24. The molecule has 1 aromatic rings. The number of rotatable bonds is 2. The largest absolute Gasteiger partial charge is 0.404 e. The number of hydrogen-bond acceptors (Lipinski definition) is 4. The SMILES string of the molecule is O=C(OS(=O)(=O)Cl)c1ccccc1Br. The Morgan fingerprint density at radius 2 is 1.93 bits per heavy atom. The molecule has 1 aromatic carbocycles. The maximum Gasteiger partial charge on any atom is 0.404 e. The molecular formula is C7H4BrClO4S. The number of benzene rings is 1. The van der Waals surface area contributed by atoms with E-state index in [9.17, 15) is 13.2 Å². The van der Waals surface area contributed by atoms with E-state index in [1.807, 2.05) is 0 Å². The van der Waals surface area contributed by atoms with Gasteiger partial charge in [0.05, 0.1) is 16.2 Å². The topological polar surface area (TPSA) is 60.4 Å². The standard InChI is InChI=1S/C7H4BrClO4S/c8-6-4-2-1-3-5(6)7(10)13-14(9,11)12/h1-4H. The quantitative estimate of drug-likeness (QED) is 0.785. The summed E-state index contributed by atoms with van der Waals surface area (Å²) in [6.45, 7) is 0. The lowest BCUT2D eigenvalue weighted by Crippen LogP contribution is -2.08. The predicted octanol–water partition coefficient (Wildman–Crippen LogP) is 2.09. The minimum atomic E-state index is -4.29. The second-order valence-electron chi connectivity index (χ2n) is 2.24. The summed E-state index contributed by atoms with van der Waals surface area (Å²) in [7, 11) is 0.458. The molecule has 0 amide bonds. The van der Waals surface area contributed by atoms with E-state index in [0.717, 1.165) is 0 Å². The maximum atomic E-state index is 11.2. The Balaban J connectivity index is 2.97. The molecule has 0 bridgehead atoms. The third-order valence-electron chi connectivity index (χ3n) is 1.27. The first-order valence-electron chi connectivity index (χ1n) is 3.33. The smallest absolute Gasteiger partial charge is 0.329 e. The average Bonchev–Trinajstić information content (AvgIpc) is 2.01. The predicted molar refractivity (Wildman–Crippen MR) is 54.3 cm³/mol. The third kappa shape index (κ3) is 3.28. The fraction of sp³-hybridized carbons (Fsp3) is 0. The zero-order chi connectivity index (χ0) is 10.8. The highest BCUT2D eigenvalue weighted by Gasteiger charge is 2.17. The van der Waals surface area contributed by atoms with Crippen LogP contribution in [-0.2, 0) is 13.5 Å². The van der Waals surface area contributed by atoms with Gasteiger partial charge in [-0.1, -0.05) is 12.1 Å². The van der Waals surface area contributed by atoms with Crippen LogP contribution >= 0.6 is 26.6 Å². The number of carbonyl (C=O) groups is 1. The van der Waals surface area contributed by atoms with E-state index in [0.29, 0.717) is 4.47 Å². The van der Waals surface area contributed by atoms with E-state index in [-0.39, 0.29) is 5.56 Å². The average molecular weight is 300 g/mol. The van der Waals surface area contributed by atoms with Crippen molar-refractivity contribution in [2.24, 2.45) is 0 Å². The number of hydrogen-bond donors (Lipinski definition) is 0. The van der Waals surface area contributed by atoms with Gasteiger partial charge in [0.25, 0.3) is 0 Å². The van der Waals surface area contributed by atoms with Crippen LogP contribution in [0.25, 0.3) is 0 Å². The third-order valence-corrected chi connectivity index (χ3v) is 2.50. The van der Waals surface area contributed by atoms with Crippen molar-refractivity contribution in [1.29, 1.82) is 0 Å². The van der Waals surface area contributed by atoms with E-state index in [4.69, 9.17) is 10.7 Å². The molecule has 0 spiro atoms. The lowest BCUT2D eigenvalue weighted by atomic mass is 10.2. The molecule has 0 saturated carbocycles. The Labute approximate surface area is 93.6 Å². The molecule has 0 radical (unpaired) electrons. The van der Waals surface area contributed by atoms with Gasteiger partial charge in [-0.25, -0.2) is 4.79 Å². The minimum Gasteiger partial charge on any atom is -0.329 e. The van der Waals surface area contributed by atoms with Gasteiger partial charge in [0, 0.05) is 4.47 Å². The molecule has 0 fully saturated rings. The van der Waals surface area contributed by atoms with Gasteiger partial charge in [-0.3, -0.25) is 0 Å². The van der Waals surface area contributed by atoms with E-state index in [2.05, 4.69) is 20.1 Å². The van der Waals surface area contributed by atoms with Crippen LogP contribution in [0.3, 0.4) is 0 Å². The van der Waals surface area contributed by atoms with Crippen LogP contribution < -0.4 is 0 Å². The summed E-state index contributed by atoms with van der Waals surface area (Å²) in [4.78, 5) is 11.2. The van der Waals surface area contributed by atoms with Crippen LogP contribution in [0.4, 0.5) is 0 Å².